The molecule has 0 aliphatic rings. The van der Waals surface area contributed by atoms with E-state index in [9.17, 15) is 27.2 Å². The summed E-state index contributed by atoms with van der Waals surface area (Å²) >= 11 is 0. The smallest absolute Gasteiger partial charge is 0.295 e. The lowest BCUT2D eigenvalue weighted by molar-refractivity contribution is -0.138. The van der Waals surface area contributed by atoms with E-state index in [4.69, 9.17) is 0 Å². The topological polar surface area (TPSA) is 82.3 Å². The molecule has 0 atom stereocenters. The molecule has 0 unspecified atom stereocenters. The van der Waals surface area contributed by atoms with Gasteiger partial charge in [-0.15, -0.1) is 0 Å². The number of anilines is 2. The van der Waals surface area contributed by atoms with E-state index in [1.54, 1.807) is 0 Å². The Morgan fingerprint density at radius 3 is 1.38 bits per heavy atom. The summed E-state index contributed by atoms with van der Waals surface area (Å²) in [4.78, 5) is 23.0. The van der Waals surface area contributed by atoms with Crippen molar-refractivity contribution in [2.75, 3.05) is 10.9 Å². The second kappa shape index (κ2) is 7.31. The number of nitrogens with one attached hydrogen (secondary N) is 4. The van der Waals surface area contributed by atoms with Crippen molar-refractivity contribution in [2.45, 2.75) is 0 Å². The molecule has 24 heavy (non-hydrogen) atoms. The summed E-state index contributed by atoms with van der Waals surface area (Å²) < 4.78 is 52.0. The van der Waals surface area contributed by atoms with Gasteiger partial charge in [-0.2, -0.15) is 0 Å². The fraction of sp³-hybridized carbons (Fsp3) is 0. The minimum Gasteiger partial charge on any atom is -0.295 e. The Hall–Kier alpha value is -3.30. The van der Waals surface area contributed by atoms with Gasteiger partial charge in [-0.1, -0.05) is 0 Å². The SMILES string of the molecule is O=C(NNc1ccc(F)cc1F)C(=O)NNc1ccc(F)cc1F. The van der Waals surface area contributed by atoms with E-state index in [1.807, 2.05) is 10.9 Å². The van der Waals surface area contributed by atoms with Crippen molar-refractivity contribution in [3.63, 3.8) is 0 Å². The molecule has 0 bridgehead atoms. The molecule has 0 fully saturated rings. The first-order chi connectivity index (χ1) is 11.4. The van der Waals surface area contributed by atoms with Crippen LogP contribution in [0.2, 0.25) is 0 Å². The van der Waals surface area contributed by atoms with Crippen LogP contribution in [-0.4, -0.2) is 11.8 Å². The number of carbonyl (C=O) groups excluding carboxylic acids is 2. The molecule has 0 heterocycles. The van der Waals surface area contributed by atoms with Crippen molar-refractivity contribution in [1.82, 2.24) is 10.9 Å². The van der Waals surface area contributed by atoms with Crippen LogP contribution in [-0.2, 0) is 9.59 Å². The Balaban J connectivity index is 1.87. The lowest BCUT2D eigenvalue weighted by Crippen LogP contribution is -2.44. The highest BCUT2D eigenvalue weighted by atomic mass is 19.1. The van der Waals surface area contributed by atoms with Crippen LogP contribution in [0.15, 0.2) is 36.4 Å². The van der Waals surface area contributed by atoms with Crippen LogP contribution in [0.25, 0.3) is 0 Å². The molecule has 0 saturated carbocycles. The fourth-order valence-electron chi connectivity index (χ4n) is 1.54. The monoisotopic (exact) mass is 342 g/mol. The van der Waals surface area contributed by atoms with Crippen molar-refractivity contribution >= 4 is 23.2 Å². The first-order valence-corrected chi connectivity index (χ1v) is 6.39. The summed E-state index contributed by atoms with van der Waals surface area (Å²) in [6, 6.07) is 5.05. The molecule has 0 radical (unpaired) electrons. The van der Waals surface area contributed by atoms with Gasteiger partial charge in [-0.25, -0.2) is 17.6 Å². The zero-order valence-corrected chi connectivity index (χ0v) is 11.8. The molecule has 126 valence electrons. The van der Waals surface area contributed by atoms with Crippen molar-refractivity contribution < 1.29 is 27.2 Å². The van der Waals surface area contributed by atoms with E-state index >= 15 is 0 Å². The van der Waals surface area contributed by atoms with E-state index in [0.717, 1.165) is 24.3 Å². The number of hydrazine groups is 2. The fourth-order valence-corrected chi connectivity index (χ4v) is 1.54. The summed E-state index contributed by atoms with van der Waals surface area (Å²) in [5.41, 5.74) is 7.36. The standard InChI is InChI=1S/C14H10F4N4O2/c15-7-1-3-11(9(17)5-7)19-21-13(23)14(24)22-20-12-4-2-8(16)6-10(12)18/h1-6,19-20H,(H,21,23)(H,22,24). The summed E-state index contributed by atoms with van der Waals surface area (Å²) in [7, 11) is 0. The molecular weight excluding hydrogens is 332 g/mol. The Labute approximate surface area is 132 Å². The van der Waals surface area contributed by atoms with Crippen molar-refractivity contribution in [1.29, 1.82) is 0 Å². The van der Waals surface area contributed by atoms with Crippen LogP contribution in [0.4, 0.5) is 28.9 Å². The molecule has 0 aromatic heterocycles. The molecule has 6 nitrogen and oxygen atoms in total. The second-order valence-corrected chi connectivity index (χ2v) is 4.41. The molecule has 0 aliphatic heterocycles. The molecule has 0 spiro atoms. The Kier molecular flexibility index (Phi) is 5.20. The van der Waals surface area contributed by atoms with Gasteiger partial charge in [0.15, 0.2) is 11.6 Å². The van der Waals surface area contributed by atoms with Gasteiger partial charge in [0.05, 0.1) is 11.4 Å². The predicted molar refractivity (Wildman–Crippen MR) is 76.2 cm³/mol. The number of halogens is 4. The van der Waals surface area contributed by atoms with E-state index < -0.39 is 35.1 Å². The average Bonchev–Trinajstić information content (AvgIpc) is 2.52. The number of benzene rings is 2. The third kappa shape index (κ3) is 4.35. The van der Waals surface area contributed by atoms with Crippen molar-refractivity contribution in [2.24, 2.45) is 0 Å². The van der Waals surface area contributed by atoms with E-state index in [1.165, 1.54) is 0 Å². The molecule has 2 amide bonds. The van der Waals surface area contributed by atoms with E-state index in [2.05, 4.69) is 10.9 Å². The zero-order valence-electron chi connectivity index (χ0n) is 11.8. The molecule has 0 aliphatic carbocycles. The molecule has 0 saturated heterocycles. The Bertz CT molecular complexity index is 720. The highest BCUT2D eigenvalue weighted by Gasteiger charge is 2.14. The second-order valence-electron chi connectivity index (χ2n) is 4.41. The van der Waals surface area contributed by atoms with Gasteiger partial charge in [0.1, 0.15) is 11.6 Å². The number of carbonyl (C=O) groups is 2. The highest BCUT2D eigenvalue weighted by Crippen LogP contribution is 2.14. The summed E-state index contributed by atoms with van der Waals surface area (Å²) in [5, 5.41) is 0. The lowest BCUT2D eigenvalue weighted by Gasteiger charge is -2.11. The molecule has 2 rings (SSSR count). The summed E-state index contributed by atoms with van der Waals surface area (Å²) in [5.74, 6) is -6.08. The number of hydrogen-bond donors (Lipinski definition) is 4. The molecule has 2 aromatic rings. The van der Waals surface area contributed by atoms with Gasteiger partial charge in [0, 0.05) is 12.1 Å². The van der Waals surface area contributed by atoms with Gasteiger partial charge in [-0.05, 0) is 24.3 Å². The predicted octanol–water partition coefficient (Wildman–Crippen LogP) is 1.83. The summed E-state index contributed by atoms with van der Waals surface area (Å²) in [6.07, 6.45) is 0. The van der Waals surface area contributed by atoms with Crippen LogP contribution in [0, 0.1) is 23.3 Å². The van der Waals surface area contributed by atoms with Gasteiger partial charge in [0.25, 0.3) is 0 Å². The van der Waals surface area contributed by atoms with Crippen molar-refractivity contribution in [3.8, 4) is 0 Å². The minimum atomic E-state index is -1.24. The van der Waals surface area contributed by atoms with Gasteiger partial charge in [-0.3, -0.25) is 31.3 Å². The zero-order chi connectivity index (χ0) is 17.7. The van der Waals surface area contributed by atoms with Gasteiger partial charge < -0.3 is 0 Å². The summed E-state index contributed by atoms with van der Waals surface area (Å²) in [6.45, 7) is 0. The molecule has 4 N–H and O–H groups in total. The normalized spacial score (nSPS) is 10.0. The van der Waals surface area contributed by atoms with Gasteiger partial charge in [0.2, 0.25) is 0 Å². The van der Waals surface area contributed by atoms with Crippen LogP contribution in [0.1, 0.15) is 0 Å². The van der Waals surface area contributed by atoms with Gasteiger partial charge >= 0.3 is 11.8 Å². The van der Waals surface area contributed by atoms with Crippen LogP contribution in [0.5, 0.6) is 0 Å². The average molecular weight is 342 g/mol. The molecular formula is C14H10F4N4O2. The first-order valence-electron chi connectivity index (χ1n) is 6.39. The molecule has 10 heteroatoms. The van der Waals surface area contributed by atoms with Crippen LogP contribution >= 0.6 is 0 Å². The number of amides is 2. The van der Waals surface area contributed by atoms with Crippen molar-refractivity contribution in [3.05, 3.63) is 59.7 Å². The maximum absolute atomic E-state index is 13.3. The Morgan fingerprint density at radius 2 is 1.04 bits per heavy atom. The van der Waals surface area contributed by atoms with Crippen LogP contribution < -0.4 is 21.7 Å². The quantitative estimate of drug-likeness (QED) is 0.388. The number of hydrogen-bond acceptors (Lipinski definition) is 4. The molecule has 2 aromatic carbocycles. The van der Waals surface area contributed by atoms with E-state index in [-0.39, 0.29) is 11.4 Å². The number of rotatable bonds is 4. The Morgan fingerprint density at radius 1 is 0.667 bits per heavy atom. The lowest BCUT2D eigenvalue weighted by atomic mass is 10.3. The van der Waals surface area contributed by atoms with E-state index in [0.29, 0.717) is 12.1 Å². The highest BCUT2D eigenvalue weighted by molar-refractivity contribution is 6.35. The largest absolute Gasteiger partial charge is 0.329 e. The third-order valence-electron chi connectivity index (χ3n) is 2.69. The maximum atomic E-state index is 13.3. The maximum Gasteiger partial charge on any atom is 0.329 e. The third-order valence-corrected chi connectivity index (χ3v) is 2.69. The van der Waals surface area contributed by atoms with Crippen LogP contribution in [0.3, 0.4) is 0 Å². The first kappa shape index (κ1) is 17.1. The minimum absolute atomic E-state index is 0.268.